The maximum absolute atomic E-state index is 12.7. The lowest BCUT2D eigenvalue weighted by Crippen LogP contribution is -2.54. The van der Waals surface area contributed by atoms with Crippen molar-refractivity contribution in [3.05, 3.63) is 57.2 Å². The van der Waals surface area contributed by atoms with Gasteiger partial charge in [-0.25, -0.2) is 0 Å². The second-order valence-corrected chi connectivity index (χ2v) is 8.54. The molecule has 0 bridgehead atoms. The van der Waals surface area contributed by atoms with Crippen LogP contribution >= 0.6 is 22.9 Å². The van der Waals surface area contributed by atoms with Crippen molar-refractivity contribution >= 4 is 34.8 Å². The van der Waals surface area contributed by atoms with Crippen LogP contribution in [0.5, 0.6) is 0 Å². The zero-order valence-corrected chi connectivity index (χ0v) is 16.9. The largest absolute Gasteiger partial charge is 0.390 e. The number of hydrogen-bond acceptors (Lipinski definition) is 5. The first-order chi connectivity index (χ1) is 13.5. The molecule has 1 aromatic heterocycles. The van der Waals surface area contributed by atoms with E-state index >= 15 is 0 Å². The van der Waals surface area contributed by atoms with Crippen LogP contribution in [-0.4, -0.2) is 83.0 Å². The lowest BCUT2D eigenvalue weighted by Gasteiger charge is -2.38. The van der Waals surface area contributed by atoms with E-state index in [0.717, 1.165) is 4.88 Å². The smallest absolute Gasteiger partial charge is 0.264 e. The van der Waals surface area contributed by atoms with Crippen LogP contribution in [-0.2, 0) is 0 Å². The fraction of sp³-hybridized carbons (Fsp3) is 0.400. The highest BCUT2D eigenvalue weighted by atomic mass is 35.5. The second kappa shape index (κ2) is 8.21. The van der Waals surface area contributed by atoms with E-state index in [2.05, 4.69) is 4.90 Å². The first-order valence-electron chi connectivity index (χ1n) is 9.32. The Labute approximate surface area is 172 Å². The summed E-state index contributed by atoms with van der Waals surface area (Å²) in [6, 6.07) is 10.4. The average molecular weight is 420 g/mol. The Balaban J connectivity index is 1.35. The monoisotopic (exact) mass is 419 g/mol. The number of carbonyl (C=O) groups is 2. The number of amides is 2. The zero-order valence-electron chi connectivity index (χ0n) is 15.3. The molecule has 0 aliphatic carbocycles. The van der Waals surface area contributed by atoms with Gasteiger partial charge in [0.05, 0.1) is 17.0 Å². The predicted molar refractivity (Wildman–Crippen MR) is 109 cm³/mol. The van der Waals surface area contributed by atoms with Crippen LogP contribution in [0.15, 0.2) is 41.8 Å². The van der Waals surface area contributed by atoms with Crippen LogP contribution in [0.3, 0.4) is 0 Å². The van der Waals surface area contributed by atoms with Gasteiger partial charge in [0.2, 0.25) is 0 Å². The molecule has 6 nitrogen and oxygen atoms in total. The van der Waals surface area contributed by atoms with Crippen molar-refractivity contribution in [1.82, 2.24) is 14.7 Å². The quantitative estimate of drug-likeness (QED) is 0.827. The van der Waals surface area contributed by atoms with Gasteiger partial charge in [0, 0.05) is 49.9 Å². The summed E-state index contributed by atoms with van der Waals surface area (Å²) in [6.45, 7) is 3.46. The Kier molecular flexibility index (Phi) is 5.68. The van der Waals surface area contributed by atoms with Gasteiger partial charge in [0.25, 0.3) is 11.8 Å². The Morgan fingerprint density at radius 1 is 0.964 bits per heavy atom. The number of halogens is 1. The zero-order chi connectivity index (χ0) is 19.7. The summed E-state index contributed by atoms with van der Waals surface area (Å²) in [6.07, 6.45) is -0.587. The van der Waals surface area contributed by atoms with E-state index in [1.807, 2.05) is 22.4 Å². The van der Waals surface area contributed by atoms with Crippen LogP contribution in [0.4, 0.5) is 0 Å². The van der Waals surface area contributed by atoms with Crippen molar-refractivity contribution in [3.63, 3.8) is 0 Å². The van der Waals surface area contributed by atoms with Crippen LogP contribution in [0.25, 0.3) is 0 Å². The van der Waals surface area contributed by atoms with Gasteiger partial charge in [-0.05, 0) is 35.7 Å². The van der Waals surface area contributed by atoms with Crippen molar-refractivity contribution in [2.45, 2.75) is 12.1 Å². The van der Waals surface area contributed by atoms with Crippen molar-refractivity contribution in [2.75, 3.05) is 39.3 Å². The van der Waals surface area contributed by atoms with E-state index in [9.17, 15) is 14.7 Å². The Morgan fingerprint density at radius 2 is 1.68 bits per heavy atom. The van der Waals surface area contributed by atoms with Crippen LogP contribution in [0.2, 0.25) is 5.02 Å². The van der Waals surface area contributed by atoms with E-state index in [1.54, 1.807) is 29.2 Å². The van der Waals surface area contributed by atoms with Gasteiger partial charge >= 0.3 is 0 Å². The number of aliphatic hydroxyl groups excluding tert-OH is 1. The molecule has 2 aliphatic rings. The number of hydrogen-bond donors (Lipinski definition) is 1. The van der Waals surface area contributed by atoms with E-state index in [4.69, 9.17) is 11.6 Å². The molecule has 0 spiro atoms. The number of likely N-dealkylation sites (tertiary alicyclic amines) is 1. The minimum atomic E-state index is -0.587. The summed E-state index contributed by atoms with van der Waals surface area (Å²) in [5, 5.41) is 13.0. The van der Waals surface area contributed by atoms with Crippen LogP contribution < -0.4 is 0 Å². The highest BCUT2D eigenvalue weighted by molar-refractivity contribution is 7.12. The van der Waals surface area contributed by atoms with Gasteiger partial charge in [-0.2, -0.15) is 0 Å². The molecule has 0 radical (unpaired) electrons. The predicted octanol–water partition coefficient (Wildman–Crippen LogP) is 2.04. The lowest BCUT2D eigenvalue weighted by molar-refractivity contribution is 0.0379. The highest BCUT2D eigenvalue weighted by Crippen LogP contribution is 2.22. The van der Waals surface area contributed by atoms with E-state index in [0.29, 0.717) is 49.9 Å². The van der Waals surface area contributed by atoms with Crippen LogP contribution in [0, 0.1) is 0 Å². The summed E-state index contributed by atoms with van der Waals surface area (Å²) in [5.41, 5.74) is 0.573. The molecule has 1 N–H and O–H groups in total. The summed E-state index contributed by atoms with van der Waals surface area (Å²) in [7, 11) is 0. The molecular formula is C20H22ClN3O3S. The number of benzene rings is 1. The van der Waals surface area contributed by atoms with Gasteiger partial charge < -0.3 is 14.9 Å². The molecule has 2 fully saturated rings. The van der Waals surface area contributed by atoms with E-state index < -0.39 is 6.10 Å². The summed E-state index contributed by atoms with van der Waals surface area (Å²) in [5.74, 6) is -0.0223. The van der Waals surface area contributed by atoms with Gasteiger partial charge in [-0.3, -0.25) is 14.5 Å². The standard InChI is InChI=1S/C20H22ClN3O3S/c21-15-5-3-14(4-6-15)19(26)24-12-16(17(25)13-24)22-7-9-23(10-8-22)20(27)18-2-1-11-28-18/h1-6,11,16-17,25H,7-10,12-13H2/t16-,17-/m0/s1. The summed E-state index contributed by atoms with van der Waals surface area (Å²) in [4.78, 5) is 31.7. The molecule has 28 heavy (non-hydrogen) atoms. The Morgan fingerprint density at radius 3 is 2.32 bits per heavy atom. The number of thiophene rings is 1. The normalized spacial score (nSPS) is 23.2. The molecule has 4 rings (SSSR count). The molecule has 0 saturated carbocycles. The average Bonchev–Trinajstić information content (AvgIpc) is 3.38. The maximum atomic E-state index is 12.7. The fourth-order valence-corrected chi connectivity index (χ4v) is 4.70. The minimum absolute atomic E-state index is 0.0705. The molecule has 0 unspecified atom stereocenters. The molecule has 148 valence electrons. The molecular weight excluding hydrogens is 398 g/mol. The number of rotatable bonds is 3. The third-order valence-electron chi connectivity index (χ3n) is 5.44. The number of piperazine rings is 1. The van der Waals surface area contributed by atoms with Gasteiger partial charge in [0.1, 0.15) is 0 Å². The van der Waals surface area contributed by atoms with Crippen molar-refractivity contribution in [3.8, 4) is 0 Å². The third kappa shape index (κ3) is 3.93. The third-order valence-corrected chi connectivity index (χ3v) is 6.55. The molecule has 2 aliphatic heterocycles. The van der Waals surface area contributed by atoms with Crippen molar-refractivity contribution in [1.29, 1.82) is 0 Å². The van der Waals surface area contributed by atoms with Crippen molar-refractivity contribution in [2.24, 2.45) is 0 Å². The van der Waals surface area contributed by atoms with E-state index in [1.165, 1.54) is 11.3 Å². The molecule has 2 aromatic rings. The molecule has 8 heteroatoms. The van der Waals surface area contributed by atoms with E-state index in [-0.39, 0.29) is 17.9 Å². The maximum Gasteiger partial charge on any atom is 0.264 e. The Hall–Kier alpha value is -1.93. The number of nitrogens with zero attached hydrogens (tertiary/aromatic N) is 3. The SMILES string of the molecule is O=C(c1ccc(Cl)cc1)N1C[C@H](O)[C@@H](N2CCN(C(=O)c3cccs3)CC2)C1. The fourth-order valence-electron chi connectivity index (χ4n) is 3.88. The number of β-amino-alcohol motifs (C(OH)–C–C–N with tert-alkyl or cyclic N) is 1. The molecule has 2 atom stereocenters. The van der Waals surface area contributed by atoms with Gasteiger partial charge in [-0.15, -0.1) is 11.3 Å². The highest BCUT2D eigenvalue weighted by Gasteiger charge is 2.39. The lowest BCUT2D eigenvalue weighted by atomic mass is 10.1. The number of aliphatic hydroxyl groups is 1. The first-order valence-corrected chi connectivity index (χ1v) is 10.6. The number of carbonyl (C=O) groups excluding carboxylic acids is 2. The Bertz CT molecular complexity index is 835. The van der Waals surface area contributed by atoms with Gasteiger partial charge in [-0.1, -0.05) is 17.7 Å². The van der Waals surface area contributed by atoms with Crippen molar-refractivity contribution < 1.29 is 14.7 Å². The van der Waals surface area contributed by atoms with Crippen LogP contribution in [0.1, 0.15) is 20.0 Å². The molecule has 1 aromatic carbocycles. The first kappa shape index (κ1) is 19.4. The summed E-state index contributed by atoms with van der Waals surface area (Å²) >= 11 is 7.35. The second-order valence-electron chi connectivity index (χ2n) is 7.16. The molecule has 2 saturated heterocycles. The minimum Gasteiger partial charge on any atom is -0.390 e. The van der Waals surface area contributed by atoms with Gasteiger partial charge in [0.15, 0.2) is 0 Å². The summed E-state index contributed by atoms with van der Waals surface area (Å²) < 4.78 is 0. The topological polar surface area (TPSA) is 64.1 Å². The molecule has 2 amide bonds. The molecule has 3 heterocycles.